The first-order chi connectivity index (χ1) is 13.7. The van der Waals surface area contributed by atoms with Gasteiger partial charge in [-0.3, -0.25) is 0 Å². The van der Waals surface area contributed by atoms with Crippen LogP contribution in [0.4, 0.5) is 19.0 Å². The summed E-state index contributed by atoms with van der Waals surface area (Å²) in [4.78, 5) is 17.7. The second-order valence-corrected chi connectivity index (χ2v) is 7.54. The molecule has 2 heterocycles. The molecule has 156 valence electrons. The number of hydrogen-bond donors (Lipinski definition) is 1. The van der Waals surface area contributed by atoms with Crippen LogP contribution in [0.3, 0.4) is 0 Å². The Morgan fingerprint density at radius 1 is 1.21 bits per heavy atom. The van der Waals surface area contributed by atoms with Crippen LogP contribution in [0.5, 0.6) is 5.75 Å². The van der Waals surface area contributed by atoms with Gasteiger partial charge >= 0.3 is 12.1 Å². The fraction of sp³-hybridized carbons (Fsp3) is 0.368. The smallest absolute Gasteiger partial charge is 0.419 e. The largest absolute Gasteiger partial charge is 0.491 e. The molecule has 1 aromatic heterocycles. The lowest BCUT2D eigenvalue weighted by Crippen LogP contribution is -2.38. The van der Waals surface area contributed by atoms with Crippen molar-refractivity contribution in [1.29, 1.82) is 0 Å². The SMILES string of the molecule is NC(c1cc(Cl)c(Cl)cc1OC(=O)C(F)(F)F)C1CCN(c2ccccn2)CC1. The Labute approximate surface area is 175 Å². The predicted octanol–water partition coefficient (Wildman–Crippen LogP) is 4.77. The third-order valence-corrected chi connectivity index (χ3v) is 5.59. The van der Waals surface area contributed by atoms with Gasteiger partial charge in [-0.15, -0.1) is 0 Å². The van der Waals surface area contributed by atoms with Crippen LogP contribution in [-0.4, -0.2) is 30.2 Å². The number of piperidine rings is 1. The van der Waals surface area contributed by atoms with Crippen LogP contribution in [0.25, 0.3) is 0 Å². The van der Waals surface area contributed by atoms with Crippen molar-refractivity contribution in [2.75, 3.05) is 18.0 Å². The number of halogens is 5. The number of nitrogens with two attached hydrogens (primary N) is 1. The van der Waals surface area contributed by atoms with Crippen molar-refractivity contribution in [3.05, 3.63) is 52.1 Å². The molecule has 29 heavy (non-hydrogen) atoms. The molecule has 1 saturated heterocycles. The summed E-state index contributed by atoms with van der Waals surface area (Å²) in [6, 6.07) is 7.42. The Hall–Kier alpha value is -2.03. The lowest BCUT2D eigenvalue weighted by Gasteiger charge is -2.36. The Bertz CT molecular complexity index is 873. The highest BCUT2D eigenvalue weighted by Crippen LogP contribution is 2.39. The normalized spacial score (nSPS) is 16.6. The molecule has 1 fully saturated rings. The summed E-state index contributed by atoms with van der Waals surface area (Å²) in [5, 5.41) is 0.0902. The van der Waals surface area contributed by atoms with Gasteiger partial charge in [0, 0.05) is 37.0 Å². The average Bonchev–Trinajstić information content (AvgIpc) is 2.70. The third-order valence-electron chi connectivity index (χ3n) is 4.87. The monoisotopic (exact) mass is 447 g/mol. The minimum atomic E-state index is -5.14. The van der Waals surface area contributed by atoms with E-state index in [1.807, 2.05) is 18.2 Å². The molecular formula is C19H18Cl2F3N3O2. The number of esters is 1. The van der Waals surface area contributed by atoms with Crippen LogP contribution in [0.2, 0.25) is 10.0 Å². The standard InChI is InChI=1S/C19H18Cl2F3N3O2/c20-13-9-12(15(10-14(13)21)29-18(28)19(22,23)24)17(25)11-4-7-27(8-5-11)16-3-1-2-6-26-16/h1-3,6,9-11,17H,4-5,7-8,25H2. The van der Waals surface area contributed by atoms with Gasteiger partial charge in [0.25, 0.3) is 0 Å². The maximum absolute atomic E-state index is 12.6. The minimum absolute atomic E-state index is 0.0300. The van der Waals surface area contributed by atoms with Crippen molar-refractivity contribution in [2.24, 2.45) is 11.7 Å². The Balaban J connectivity index is 1.77. The van der Waals surface area contributed by atoms with Gasteiger partial charge < -0.3 is 15.4 Å². The lowest BCUT2D eigenvalue weighted by molar-refractivity contribution is -0.189. The van der Waals surface area contributed by atoms with E-state index < -0.39 is 18.2 Å². The average molecular weight is 448 g/mol. The summed E-state index contributed by atoms with van der Waals surface area (Å²) in [6.07, 6.45) is -2.05. The van der Waals surface area contributed by atoms with E-state index in [4.69, 9.17) is 28.9 Å². The summed E-state index contributed by atoms with van der Waals surface area (Å²) in [5.74, 6) is -1.86. The summed E-state index contributed by atoms with van der Waals surface area (Å²) in [6.45, 7) is 1.38. The molecule has 2 aromatic rings. The third kappa shape index (κ3) is 5.12. The molecule has 0 amide bonds. The molecular weight excluding hydrogens is 430 g/mol. The zero-order chi connectivity index (χ0) is 21.2. The number of pyridine rings is 1. The van der Waals surface area contributed by atoms with Crippen LogP contribution in [0, 0.1) is 5.92 Å². The molecule has 0 bridgehead atoms. The second kappa shape index (κ2) is 8.77. The second-order valence-electron chi connectivity index (χ2n) is 6.73. The van der Waals surface area contributed by atoms with Crippen molar-refractivity contribution in [3.8, 4) is 5.75 Å². The first-order valence-corrected chi connectivity index (χ1v) is 9.62. The molecule has 10 heteroatoms. The van der Waals surface area contributed by atoms with Crippen LogP contribution in [-0.2, 0) is 4.79 Å². The summed E-state index contributed by atoms with van der Waals surface area (Å²) < 4.78 is 42.4. The molecule has 0 aliphatic carbocycles. The number of alkyl halides is 3. The number of hydrogen-bond acceptors (Lipinski definition) is 5. The zero-order valence-corrected chi connectivity index (χ0v) is 16.6. The van der Waals surface area contributed by atoms with Crippen LogP contribution in [0.15, 0.2) is 36.5 Å². The fourth-order valence-corrected chi connectivity index (χ4v) is 3.66. The number of anilines is 1. The molecule has 1 aliphatic rings. The Kier molecular flexibility index (Phi) is 6.55. The number of nitrogens with zero attached hydrogens (tertiary/aromatic N) is 2. The predicted molar refractivity (Wildman–Crippen MR) is 104 cm³/mol. The number of carbonyl (C=O) groups excluding carboxylic acids is 1. The molecule has 0 radical (unpaired) electrons. The number of aromatic nitrogens is 1. The summed E-state index contributed by atoms with van der Waals surface area (Å²) in [5.41, 5.74) is 6.57. The van der Waals surface area contributed by atoms with Crippen molar-refractivity contribution in [1.82, 2.24) is 4.98 Å². The molecule has 1 aliphatic heterocycles. The number of benzene rings is 1. The van der Waals surface area contributed by atoms with Gasteiger partial charge in [0.15, 0.2) is 0 Å². The molecule has 3 rings (SSSR count). The molecule has 0 saturated carbocycles. The first-order valence-electron chi connectivity index (χ1n) is 8.86. The lowest BCUT2D eigenvalue weighted by atomic mass is 9.85. The highest BCUT2D eigenvalue weighted by atomic mass is 35.5. The zero-order valence-electron chi connectivity index (χ0n) is 15.1. The van der Waals surface area contributed by atoms with Gasteiger partial charge in [-0.25, -0.2) is 9.78 Å². The van der Waals surface area contributed by atoms with E-state index in [-0.39, 0.29) is 27.3 Å². The van der Waals surface area contributed by atoms with E-state index in [1.165, 1.54) is 6.07 Å². The van der Waals surface area contributed by atoms with E-state index in [9.17, 15) is 18.0 Å². The number of carbonyl (C=O) groups is 1. The first kappa shape index (κ1) is 21.7. The van der Waals surface area contributed by atoms with Crippen LogP contribution < -0.4 is 15.4 Å². The minimum Gasteiger partial charge on any atom is -0.419 e. The molecule has 1 unspecified atom stereocenters. The van der Waals surface area contributed by atoms with Gasteiger partial charge in [-0.05, 0) is 37.0 Å². The van der Waals surface area contributed by atoms with E-state index in [2.05, 4.69) is 14.6 Å². The van der Waals surface area contributed by atoms with Gasteiger partial charge in [0.2, 0.25) is 0 Å². The van der Waals surface area contributed by atoms with Crippen molar-refractivity contribution >= 4 is 35.0 Å². The summed E-state index contributed by atoms with van der Waals surface area (Å²) >= 11 is 11.9. The Morgan fingerprint density at radius 3 is 2.45 bits per heavy atom. The highest BCUT2D eigenvalue weighted by Gasteiger charge is 2.42. The van der Waals surface area contributed by atoms with Crippen molar-refractivity contribution in [2.45, 2.75) is 25.1 Å². The topological polar surface area (TPSA) is 68.5 Å². The molecule has 5 nitrogen and oxygen atoms in total. The number of ether oxygens (including phenoxy) is 1. The maximum Gasteiger partial charge on any atom is 0.491 e. The van der Waals surface area contributed by atoms with Gasteiger partial charge in [0.1, 0.15) is 11.6 Å². The fourth-order valence-electron chi connectivity index (χ4n) is 3.33. The highest BCUT2D eigenvalue weighted by molar-refractivity contribution is 6.42. The molecule has 1 aromatic carbocycles. The molecule has 2 N–H and O–H groups in total. The van der Waals surface area contributed by atoms with E-state index in [0.29, 0.717) is 25.9 Å². The van der Waals surface area contributed by atoms with Crippen molar-refractivity contribution in [3.63, 3.8) is 0 Å². The van der Waals surface area contributed by atoms with Crippen molar-refractivity contribution < 1.29 is 22.7 Å². The number of rotatable bonds is 4. The van der Waals surface area contributed by atoms with Gasteiger partial charge in [-0.1, -0.05) is 29.3 Å². The van der Waals surface area contributed by atoms with E-state index in [1.54, 1.807) is 6.20 Å². The van der Waals surface area contributed by atoms with Crippen LogP contribution >= 0.6 is 23.2 Å². The maximum atomic E-state index is 12.6. The van der Waals surface area contributed by atoms with Gasteiger partial charge in [-0.2, -0.15) is 13.2 Å². The molecule has 1 atom stereocenters. The van der Waals surface area contributed by atoms with Crippen LogP contribution in [0.1, 0.15) is 24.4 Å². The Morgan fingerprint density at radius 2 is 1.86 bits per heavy atom. The van der Waals surface area contributed by atoms with E-state index >= 15 is 0 Å². The van der Waals surface area contributed by atoms with E-state index in [0.717, 1.165) is 11.9 Å². The van der Waals surface area contributed by atoms with Gasteiger partial charge in [0.05, 0.1) is 10.0 Å². The molecule has 0 spiro atoms. The quantitative estimate of drug-likeness (QED) is 0.539. The summed E-state index contributed by atoms with van der Waals surface area (Å²) in [7, 11) is 0.